The van der Waals surface area contributed by atoms with E-state index in [1.165, 1.54) is 24.3 Å². The van der Waals surface area contributed by atoms with E-state index in [1.54, 1.807) is 25.1 Å². The van der Waals surface area contributed by atoms with Crippen molar-refractivity contribution in [1.29, 1.82) is 0 Å². The molecule has 2 nitrogen and oxygen atoms in total. The number of carbonyl (C=O) groups is 1. The number of halogens is 2. The van der Waals surface area contributed by atoms with Crippen molar-refractivity contribution in [3.05, 3.63) is 65.2 Å². The highest BCUT2D eigenvalue weighted by Gasteiger charge is 2.14. The van der Waals surface area contributed by atoms with Crippen molar-refractivity contribution in [1.82, 2.24) is 0 Å². The molecule has 0 radical (unpaired) electrons. The van der Waals surface area contributed by atoms with Gasteiger partial charge in [0.1, 0.15) is 11.6 Å². The van der Waals surface area contributed by atoms with E-state index < -0.39 is 17.5 Å². The quantitative estimate of drug-likeness (QED) is 0.864. The second-order valence-corrected chi connectivity index (χ2v) is 3.87. The van der Waals surface area contributed by atoms with Crippen LogP contribution in [0.4, 0.5) is 14.5 Å². The SMILES string of the molecule is Cc1cccc(C(=O)Nc2ccccc2F)c1F. The molecule has 0 saturated heterocycles. The summed E-state index contributed by atoms with van der Waals surface area (Å²) >= 11 is 0. The van der Waals surface area contributed by atoms with Gasteiger partial charge in [-0.2, -0.15) is 0 Å². The van der Waals surface area contributed by atoms with Crippen LogP contribution in [0.25, 0.3) is 0 Å². The molecule has 0 spiro atoms. The summed E-state index contributed by atoms with van der Waals surface area (Å²) in [7, 11) is 0. The van der Waals surface area contributed by atoms with E-state index in [2.05, 4.69) is 5.32 Å². The number of hydrogen-bond acceptors (Lipinski definition) is 1. The first-order valence-electron chi connectivity index (χ1n) is 5.40. The smallest absolute Gasteiger partial charge is 0.258 e. The zero-order chi connectivity index (χ0) is 13.1. The lowest BCUT2D eigenvalue weighted by atomic mass is 10.1. The Morgan fingerprint density at radius 1 is 1.06 bits per heavy atom. The van der Waals surface area contributed by atoms with E-state index in [-0.39, 0.29) is 11.3 Å². The van der Waals surface area contributed by atoms with Crippen LogP contribution >= 0.6 is 0 Å². The predicted octanol–water partition coefficient (Wildman–Crippen LogP) is 3.53. The number of amides is 1. The molecule has 18 heavy (non-hydrogen) atoms. The zero-order valence-electron chi connectivity index (χ0n) is 9.71. The van der Waals surface area contributed by atoms with Gasteiger partial charge in [0.2, 0.25) is 0 Å². The van der Waals surface area contributed by atoms with Gasteiger partial charge in [0.15, 0.2) is 0 Å². The molecule has 0 fully saturated rings. The lowest BCUT2D eigenvalue weighted by Gasteiger charge is -2.08. The van der Waals surface area contributed by atoms with E-state index in [4.69, 9.17) is 0 Å². The molecule has 0 aliphatic rings. The van der Waals surface area contributed by atoms with Crippen LogP contribution < -0.4 is 5.32 Å². The monoisotopic (exact) mass is 247 g/mol. The maximum Gasteiger partial charge on any atom is 0.258 e. The van der Waals surface area contributed by atoms with Gasteiger partial charge in [-0.1, -0.05) is 24.3 Å². The van der Waals surface area contributed by atoms with Crippen LogP contribution in [0.1, 0.15) is 15.9 Å². The van der Waals surface area contributed by atoms with Crippen molar-refractivity contribution in [3.63, 3.8) is 0 Å². The summed E-state index contributed by atoms with van der Waals surface area (Å²) in [6.45, 7) is 1.56. The first-order chi connectivity index (χ1) is 8.59. The van der Waals surface area contributed by atoms with Crippen molar-refractivity contribution in [2.24, 2.45) is 0 Å². The average Bonchev–Trinajstić information content (AvgIpc) is 2.35. The van der Waals surface area contributed by atoms with Gasteiger partial charge in [0, 0.05) is 0 Å². The van der Waals surface area contributed by atoms with Crippen LogP contribution in [0.3, 0.4) is 0 Å². The van der Waals surface area contributed by atoms with Gasteiger partial charge in [-0.25, -0.2) is 8.78 Å². The van der Waals surface area contributed by atoms with Crippen molar-refractivity contribution in [3.8, 4) is 0 Å². The number of aryl methyl sites for hydroxylation is 1. The Balaban J connectivity index is 2.28. The Kier molecular flexibility index (Phi) is 3.37. The number of rotatable bonds is 2. The van der Waals surface area contributed by atoms with Gasteiger partial charge in [-0.3, -0.25) is 4.79 Å². The van der Waals surface area contributed by atoms with Gasteiger partial charge in [0.05, 0.1) is 11.3 Å². The summed E-state index contributed by atoms with van der Waals surface area (Å²) in [4.78, 5) is 11.8. The minimum absolute atomic E-state index is 0.0309. The highest BCUT2D eigenvalue weighted by atomic mass is 19.1. The van der Waals surface area contributed by atoms with E-state index in [1.807, 2.05) is 0 Å². The Labute approximate surface area is 103 Å². The van der Waals surface area contributed by atoms with Crippen molar-refractivity contribution in [2.45, 2.75) is 6.92 Å². The van der Waals surface area contributed by atoms with Crippen molar-refractivity contribution >= 4 is 11.6 Å². The lowest BCUT2D eigenvalue weighted by molar-refractivity contribution is 0.102. The van der Waals surface area contributed by atoms with Gasteiger partial charge < -0.3 is 5.32 Å². The summed E-state index contributed by atoms with van der Waals surface area (Å²) < 4.78 is 27.0. The minimum Gasteiger partial charge on any atom is -0.319 e. The van der Waals surface area contributed by atoms with Crippen LogP contribution in [0.2, 0.25) is 0 Å². The Morgan fingerprint density at radius 2 is 1.78 bits per heavy atom. The molecule has 4 heteroatoms. The summed E-state index contributed by atoms with van der Waals surface area (Å²) in [6.07, 6.45) is 0. The molecule has 0 aliphatic heterocycles. The van der Waals surface area contributed by atoms with Crippen molar-refractivity contribution < 1.29 is 13.6 Å². The fraction of sp³-hybridized carbons (Fsp3) is 0.0714. The third kappa shape index (κ3) is 2.37. The third-order valence-electron chi connectivity index (χ3n) is 2.56. The molecular weight excluding hydrogens is 236 g/mol. The molecule has 2 aromatic rings. The maximum absolute atomic E-state index is 13.7. The molecule has 0 heterocycles. The molecule has 2 aromatic carbocycles. The minimum atomic E-state index is -0.665. The van der Waals surface area contributed by atoms with Gasteiger partial charge in [-0.05, 0) is 30.7 Å². The number of anilines is 1. The van der Waals surface area contributed by atoms with Crippen LogP contribution in [-0.2, 0) is 0 Å². The van der Waals surface area contributed by atoms with Crippen LogP contribution in [-0.4, -0.2) is 5.91 Å². The van der Waals surface area contributed by atoms with Crippen LogP contribution in [0.5, 0.6) is 0 Å². The molecule has 0 saturated carbocycles. The normalized spacial score (nSPS) is 10.2. The maximum atomic E-state index is 13.7. The number of nitrogens with one attached hydrogen (secondary N) is 1. The van der Waals surface area contributed by atoms with Gasteiger partial charge >= 0.3 is 0 Å². The van der Waals surface area contributed by atoms with Crippen LogP contribution in [0.15, 0.2) is 42.5 Å². The molecule has 0 atom stereocenters. The fourth-order valence-corrected chi connectivity index (χ4v) is 1.58. The Morgan fingerprint density at radius 3 is 2.50 bits per heavy atom. The van der Waals surface area contributed by atoms with Crippen LogP contribution in [0, 0.1) is 18.6 Å². The molecular formula is C14H11F2NO. The highest BCUT2D eigenvalue weighted by Crippen LogP contribution is 2.16. The third-order valence-corrected chi connectivity index (χ3v) is 2.56. The fourth-order valence-electron chi connectivity index (χ4n) is 1.58. The highest BCUT2D eigenvalue weighted by molar-refractivity contribution is 6.04. The number of carbonyl (C=O) groups excluding carboxylic acids is 1. The number of benzene rings is 2. The Bertz CT molecular complexity index is 596. The number of hydrogen-bond donors (Lipinski definition) is 1. The first-order valence-corrected chi connectivity index (χ1v) is 5.40. The van der Waals surface area contributed by atoms with Gasteiger partial charge in [-0.15, -0.1) is 0 Å². The molecule has 1 N–H and O–H groups in total. The first kappa shape index (κ1) is 12.2. The molecule has 0 unspecified atom stereocenters. The molecule has 92 valence electrons. The summed E-state index contributed by atoms with van der Waals surface area (Å²) in [6, 6.07) is 10.2. The second kappa shape index (κ2) is 4.96. The van der Waals surface area contributed by atoms with E-state index in [0.717, 1.165) is 0 Å². The second-order valence-electron chi connectivity index (χ2n) is 3.87. The molecule has 2 rings (SSSR count). The zero-order valence-corrected chi connectivity index (χ0v) is 9.71. The van der Waals surface area contributed by atoms with E-state index >= 15 is 0 Å². The molecule has 1 amide bonds. The lowest BCUT2D eigenvalue weighted by Crippen LogP contribution is -2.15. The molecule has 0 aromatic heterocycles. The average molecular weight is 247 g/mol. The standard InChI is InChI=1S/C14H11F2NO/c1-9-5-4-6-10(13(9)16)14(18)17-12-8-3-2-7-11(12)15/h2-8H,1H3,(H,17,18). The summed E-state index contributed by atoms with van der Waals surface area (Å²) in [5.74, 6) is -1.81. The van der Waals surface area contributed by atoms with E-state index in [9.17, 15) is 13.6 Å². The Hall–Kier alpha value is -2.23. The topological polar surface area (TPSA) is 29.1 Å². The molecule has 0 bridgehead atoms. The van der Waals surface area contributed by atoms with Gasteiger partial charge in [0.25, 0.3) is 5.91 Å². The largest absolute Gasteiger partial charge is 0.319 e. The number of para-hydroxylation sites is 1. The summed E-state index contributed by atoms with van der Waals surface area (Å²) in [5, 5.41) is 2.34. The summed E-state index contributed by atoms with van der Waals surface area (Å²) in [5.41, 5.74) is 0.304. The predicted molar refractivity (Wildman–Crippen MR) is 65.5 cm³/mol. The van der Waals surface area contributed by atoms with Crippen molar-refractivity contribution in [2.75, 3.05) is 5.32 Å². The van der Waals surface area contributed by atoms with E-state index in [0.29, 0.717) is 5.56 Å². The molecule has 0 aliphatic carbocycles.